The Hall–Kier alpha value is -0.930. The van der Waals surface area contributed by atoms with Gasteiger partial charge in [-0.25, -0.2) is 0 Å². The average Bonchev–Trinajstić information content (AvgIpc) is 2.25. The largest absolute Gasteiger partial charge is 0.399 e. The van der Waals surface area contributed by atoms with Crippen LogP contribution in [0.2, 0.25) is 0 Å². The number of hydrogen-bond donors (Lipinski definition) is 2. The standard InChI is InChI=1S/C11H14ClN2O/c12-10-7-15-6-5-11(10)14-9-3-1-8(13)2-4-9/h1-4,7,10-11,14H,5-6,13H2. The van der Waals surface area contributed by atoms with Crippen molar-refractivity contribution in [3.05, 3.63) is 30.9 Å². The van der Waals surface area contributed by atoms with Crippen LogP contribution in [-0.2, 0) is 4.74 Å². The normalized spacial score (nSPS) is 26.2. The molecule has 3 nitrogen and oxygen atoms in total. The van der Waals surface area contributed by atoms with Crippen molar-refractivity contribution in [1.82, 2.24) is 0 Å². The summed E-state index contributed by atoms with van der Waals surface area (Å²) in [5.41, 5.74) is 7.41. The fraction of sp³-hybridized carbons (Fsp3) is 0.364. The number of nitrogens with two attached hydrogens (primary N) is 1. The molecule has 1 aromatic rings. The fourth-order valence-corrected chi connectivity index (χ4v) is 1.82. The molecule has 1 radical (unpaired) electrons. The van der Waals surface area contributed by atoms with Crippen LogP contribution in [-0.4, -0.2) is 18.0 Å². The second-order valence-corrected chi connectivity index (χ2v) is 4.12. The fourth-order valence-electron chi connectivity index (χ4n) is 1.55. The number of hydrogen-bond acceptors (Lipinski definition) is 3. The molecule has 1 heterocycles. The maximum atomic E-state index is 6.10. The highest BCUT2D eigenvalue weighted by Crippen LogP contribution is 2.21. The number of nitrogen functional groups attached to an aromatic ring is 1. The summed E-state index contributed by atoms with van der Waals surface area (Å²) >= 11 is 6.10. The van der Waals surface area contributed by atoms with Gasteiger partial charge in [0.2, 0.25) is 0 Å². The van der Waals surface area contributed by atoms with E-state index in [2.05, 4.69) is 5.32 Å². The first-order valence-electron chi connectivity index (χ1n) is 4.97. The Morgan fingerprint density at radius 3 is 2.73 bits per heavy atom. The van der Waals surface area contributed by atoms with Gasteiger partial charge in [0.15, 0.2) is 0 Å². The van der Waals surface area contributed by atoms with Crippen molar-refractivity contribution < 1.29 is 4.74 Å². The first-order valence-corrected chi connectivity index (χ1v) is 5.40. The van der Waals surface area contributed by atoms with E-state index < -0.39 is 0 Å². The van der Waals surface area contributed by atoms with Crippen molar-refractivity contribution >= 4 is 23.0 Å². The molecule has 2 unspecified atom stereocenters. The molecule has 0 saturated carbocycles. The van der Waals surface area contributed by atoms with E-state index >= 15 is 0 Å². The molecule has 1 aliphatic rings. The monoisotopic (exact) mass is 225 g/mol. The predicted molar refractivity (Wildman–Crippen MR) is 62.8 cm³/mol. The molecule has 1 aliphatic heterocycles. The lowest BCUT2D eigenvalue weighted by Crippen LogP contribution is -2.35. The van der Waals surface area contributed by atoms with Gasteiger partial charge in [0.05, 0.1) is 5.38 Å². The summed E-state index contributed by atoms with van der Waals surface area (Å²) in [5.74, 6) is 0. The highest BCUT2D eigenvalue weighted by Gasteiger charge is 2.23. The van der Waals surface area contributed by atoms with E-state index in [0.29, 0.717) is 0 Å². The maximum absolute atomic E-state index is 6.10. The number of benzene rings is 1. The topological polar surface area (TPSA) is 47.3 Å². The highest BCUT2D eigenvalue weighted by molar-refractivity contribution is 6.22. The Morgan fingerprint density at radius 2 is 2.07 bits per heavy atom. The van der Waals surface area contributed by atoms with Gasteiger partial charge in [0.25, 0.3) is 0 Å². The summed E-state index contributed by atoms with van der Waals surface area (Å²) in [7, 11) is 0. The Morgan fingerprint density at radius 1 is 1.33 bits per heavy atom. The summed E-state index contributed by atoms with van der Waals surface area (Å²) in [6.45, 7) is 2.40. The van der Waals surface area contributed by atoms with Crippen LogP contribution < -0.4 is 11.1 Å². The molecule has 1 aromatic carbocycles. The van der Waals surface area contributed by atoms with E-state index in [1.54, 1.807) is 6.61 Å². The van der Waals surface area contributed by atoms with Gasteiger partial charge in [-0.3, -0.25) is 0 Å². The van der Waals surface area contributed by atoms with E-state index in [-0.39, 0.29) is 11.4 Å². The van der Waals surface area contributed by atoms with Crippen LogP contribution in [0.3, 0.4) is 0 Å². The van der Waals surface area contributed by atoms with Crippen LogP contribution in [0.5, 0.6) is 0 Å². The van der Waals surface area contributed by atoms with E-state index in [1.165, 1.54) is 0 Å². The average molecular weight is 226 g/mol. The zero-order chi connectivity index (χ0) is 10.7. The van der Waals surface area contributed by atoms with E-state index in [9.17, 15) is 0 Å². The molecule has 15 heavy (non-hydrogen) atoms. The molecule has 1 saturated heterocycles. The van der Waals surface area contributed by atoms with Crippen molar-refractivity contribution in [2.24, 2.45) is 0 Å². The molecule has 0 spiro atoms. The number of anilines is 2. The molecular formula is C11H14ClN2O. The minimum absolute atomic E-state index is 0.0868. The van der Waals surface area contributed by atoms with Crippen LogP contribution in [0, 0.1) is 6.61 Å². The second-order valence-electron chi connectivity index (χ2n) is 3.61. The van der Waals surface area contributed by atoms with Gasteiger partial charge in [-0.15, -0.1) is 11.6 Å². The van der Waals surface area contributed by atoms with E-state index in [1.807, 2.05) is 24.3 Å². The summed E-state index contributed by atoms with van der Waals surface area (Å²) < 4.78 is 5.15. The number of halogens is 1. The summed E-state index contributed by atoms with van der Waals surface area (Å²) in [5, 5.41) is 3.27. The van der Waals surface area contributed by atoms with Crippen LogP contribution in [0.25, 0.3) is 0 Å². The molecule has 0 aromatic heterocycles. The summed E-state index contributed by atoms with van der Waals surface area (Å²) in [6.07, 6.45) is 0.912. The third-order valence-electron chi connectivity index (χ3n) is 2.42. The lowest BCUT2D eigenvalue weighted by molar-refractivity contribution is 0.151. The smallest absolute Gasteiger partial charge is 0.103 e. The minimum atomic E-state index is -0.0868. The van der Waals surface area contributed by atoms with Crippen LogP contribution in [0.1, 0.15) is 6.42 Å². The van der Waals surface area contributed by atoms with Gasteiger partial charge < -0.3 is 15.8 Å². The Bertz CT molecular complexity index is 315. The number of rotatable bonds is 2. The van der Waals surface area contributed by atoms with Gasteiger partial charge in [-0.05, 0) is 30.7 Å². The number of alkyl halides is 1. The molecule has 4 heteroatoms. The van der Waals surface area contributed by atoms with Crippen molar-refractivity contribution in [2.75, 3.05) is 17.7 Å². The van der Waals surface area contributed by atoms with Gasteiger partial charge >= 0.3 is 0 Å². The van der Waals surface area contributed by atoms with Crippen molar-refractivity contribution in [2.45, 2.75) is 17.8 Å². The van der Waals surface area contributed by atoms with Gasteiger partial charge in [0, 0.05) is 24.0 Å². The molecule has 0 amide bonds. The third-order valence-corrected chi connectivity index (χ3v) is 2.83. The molecule has 2 rings (SSSR count). The second kappa shape index (κ2) is 4.73. The van der Waals surface area contributed by atoms with Gasteiger partial charge in [-0.1, -0.05) is 0 Å². The third kappa shape index (κ3) is 2.76. The van der Waals surface area contributed by atoms with Gasteiger partial charge in [-0.2, -0.15) is 0 Å². The highest BCUT2D eigenvalue weighted by atomic mass is 35.5. The molecular weight excluding hydrogens is 212 g/mol. The Balaban J connectivity index is 1.98. The molecule has 1 fully saturated rings. The molecule has 0 bridgehead atoms. The first kappa shape index (κ1) is 10.6. The van der Waals surface area contributed by atoms with Crippen molar-refractivity contribution in [3.8, 4) is 0 Å². The summed E-state index contributed by atoms with van der Waals surface area (Å²) in [6, 6.07) is 7.87. The van der Waals surface area contributed by atoms with Crippen molar-refractivity contribution in [1.29, 1.82) is 0 Å². The van der Waals surface area contributed by atoms with Crippen LogP contribution in [0.15, 0.2) is 24.3 Å². The quantitative estimate of drug-likeness (QED) is 0.600. The molecule has 3 N–H and O–H groups in total. The van der Waals surface area contributed by atoms with Crippen molar-refractivity contribution in [3.63, 3.8) is 0 Å². The molecule has 2 atom stereocenters. The maximum Gasteiger partial charge on any atom is 0.103 e. The minimum Gasteiger partial charge on any atom is -0.399 e. The van der Waals surface area contributed by atoms with E-state index in [4.69, 9.17) is 22.1 Å². The number of ether oxygens (including phenoxy) is 1. The Kier molecular flexibility index (Phi) is 3.34. The Labute approximate surface area is 94.6 Å². The predicted octanol–water partition coefficient (Wildman–Crippen LogP) is 2.24. The summed E-state index contributed by atoms with van der Waals surface area (Å²) in [4.78, 5) is 0. The zero-order valence-electron chi connectivity index (χ0n) is 8.32. The van der Waals surface area contributed by atoms with Crippen LogP contribution >= 0.6 is 11.6 Å². The molecule has 81 valence electrons. The van der Waals surface area contributed by atoms with E-state index in [0.717, 1.165) is 24.4 Å². The van der Waals surface area contributed by atoms with Crippen LogP contribution in [0.4, 0.5) is 11.4 Å². The SMILES string of the molecule is Nc1ccc(NC2CCO[CH]C2Cl)cc1. The molecule has 0 aliphatic carbocycles. The number of nitrogens with one attached hydrogen (secondary N) is 1. The van der Waals surface area contributed by atoms with Gasteiger partial charge in [0.1, 0.15) is 6.61 Å². The lowest BCUT2D eigenvalue weighted by atomic mass is 10.1. The lowest BCUT2D eigenvalue weighted by Gasteiger charge is -2.28. The zero-order valence-corrected chi connectivity index (χ0v) is 9.08. The first-order chi connectivity index (χ1) is 7.25.